The quantitative estimate of drug-likeness (QED) is 0.376. The van der Waals surface area contributed by atoms with Crippen molar-refractivity contribution in [1.82, 2.24) is 5.32 Å². The molecule has 0 radical (unpaired) electrons. The molecule has 1 aromatic carbocycles. The first-order valence-corrected chi connectivity index (χ1v) is 8.07. The second-order valence-corrected chi connectivity index (χ2v) is 6.08. The number of nitrogens with zero attached hydrogens (tertiary/aromatic N) is 1. The first-order chi connectivity index (χ1) is 9.34. The van der Waals surface area contributed by atoms with Crippen LogP contribution in [0.3, 0.4) is 0 Å². The summed E-state index contributed by atoms with van der Waals surface area (Å²) in [5.41, 5.74) is 5.91. The molecule has 0 aliphatic heterocycles. The van der Waals surface area contributed by atoms with Crippen LogP contribution >= 0.6 is 11.8 Å². The molecule has 0 unspecified atom stereocenters. The summed E-state index contributed by atoms with van der Waals surface area (Å²) in [6.07, 6.45) is 6.45. The van der Waals surface area contributed by atoms with E-state index in [0.717, 1.165) is 12.3 Å². The summed E-state index contributed by atoms with van der Waals surface area (Å²) in [6, 6.07) is 10.9. The van der Waals surface area contributed by atoms with Gasteiger partial charge in [-0.2, -0.15) is 0 Å². The minimum atomic E-state index is 0.541. The fourth-order valence-electron chi connectivity index (χ4n) is 2.35. The van der Waals surface area contributed by atoms with Gasteiger partial charge in [-0.05, 0) is 25.0 Å². The zero-order valence-corrected chi connectivity index (χ0v) is 12.2. The van der Waals surface area contributed by atoms with Crippen LogP contribution in [-0.2, 0) is 0 Å². The van der Waals surface area contributed by atoms with Crippen LogP contribution in [0, 0.1) is 0 Å². The standard InChI is InChI=1S/C15H23N3S/c16-15(18-13-7-3-1-4-8-13)17-11-12-19-14-9-5-2-6-10-14/h2,5-6,9-10,13H,1,3-4,7-8,11-12H2,(H3,16,17,18). The lowest BCUT2D eigenvalue weighted by Crippen LogP contribution is -2.41. The maximum absolute atomic E-state index is 5.91. The van der Waals surface area contributed by atoms with Crippen molar-refractivity contribution in [1.29, 1.82) is 0 Å². The smallest absolute Gasteiger partial charge is 0.188 e. The van der Waals surface area contributed by atoms with Crippen LogP contribution in [-0.4, -0.2) is 24.3 Å². The highest BCUT2D eigenvalue weighted by Crippen LogP contribution is 2.17. The third kappa shape index (κ3) is 5.55. The van der Waals surface area contributed by atoms with Gasteiger partial charge in [0.1, 0.15) is 0 Å². The highest BCUT2D eigenvalue weighted by atomic mass is 32.2. The molecule has 1 aliphatic rings. The van der Waals surface area contributed by atoms with Crippen LogP contribution in [0.25, 0.3) is 0 Å². The van der Waals surface area contributed by atoms with Crippen LogP contribution in [0.5, 0.6) is 0 Å². The van der Waals surface area contributed by atoms with Gasteiger partial charge in [-0.15, -0.1) is 11.8 Å². The molecule has 3 nitrogen and oxygen atoms in total. The fourth-order valence-corrected chi connectivity index (χ4v) is 3.12. The lowest BCUT2D eigenvalue weighted by molar-refractivity contribution is 0.412. The van der Waals surface area contributed by atoms with Crippen LogP contribution in [0.2, 0.25) is 0 Å². The highest BCUT2D eigenvalue weighted by molar-refractivity contribution is 7.99. The van der Waals surface area contributed by atoms with E-state index in [-0.39, 0.29) is 0 Å². The Morgan fingerprint density at radius 1 is 1.21 bits per heavy atom. The second-order valence-electron chi connectivity index (χ2n) is 4.91. The minimum Gasteiger partial charge on any atom is -0.370 e. The Labute approximate surface area is 120 Å². The molecule has 0 atom stereocenters. The van der Waals surface area contributed by atoms with Crippen molar-refractivity contribution in [3.05, 3.63) is 30.3 Å². The van der Waals surface area contributed by atoms with Crippen molar-refractivity contribution >= 4 is 17.7 Å². The van der Waals surface area contributed by atoms with Crippen molar-refractivity contribution in [2.45, 2.75) is 43.0 Å². The van der Waals surface area contributed by atoms with E-state index >= 15 is 0 Å². The summed E-state index contributed by atoms with van der Waals surface area (Å²) in [5, 5.41) is 3.34. The molecule has 1 aliphatic carbocycles. The molecule has 0 amide bonds. The average Bonchev–Trinajstić information content (AvgIpc) is 2.46. The fraction of sp³-hybridized carbons (Fsp3) is 0.533. The number of nitrogens with one attached hydrogen (secondary N) is 1. The monoisotopic (exact) mass is 277 g/mol. The number of aliphatic imine (C=N–C) groups is 1. The molecule has 2 rings (SSSR count). The third-order valence-corrected chi connectivity index (χ3v) is 4.33. The van der Waals surface area contributed by atoms with E-state index in [2.05, 4.69) is 34.6 Å². The van der Waals surface area contributed by atoms with Crippen LogP contribution in [0.15, 0.2) is 40.2 Å². The lowest BCUT2D eigenvalue weighted by atomic mass is 9.96. The Bertz CT molecular complexity index is 386. The Morgan fingerprint density at radius 3 is 2.68 bits per heavy atom. The Kier molecular flexibility index (Phi) is 6.08. The van der Waals surface area contributed by atoms with E-state index < -0.39 is 0 Å². The van der Waals surface area contributed by atoms with Gasteiger partial charge >= 0.3 is 0 Å². The predicted molar refractivity (Wildman–Crippen MR) is 83.7 cm³/mol. The van der Waals surface area contributed by atoms with E-state index in [1.165, 1.54) is 37.0 Å². The number of thioether (sulfide) groups is 1. The molecule has 0 aromatic heterocycles. The maximum Gasteiger partial charge on any atom is 0.188 e. The van der Waals surface area contributed by atoms with E-state index in [9.17, 15) is 0 Å². The highest BCUT2D eigenvalue weighted by Gasteiger charge is 2.12. The normalized spacial score (nSPS) is 17.4. The number of guanidine groups is 1. The van der Waals surface area contributed by atoms with Gasteiger partial charge in [0.05, 0.1) is 6.54 Å². The summed E-state index contributed by atoms with van der Waals surface area (Å²) < 4.78 is 0. The molecule has 4 heteroatoms. The van der Waals surface area contributed by atoms with Gasteiger partial charge in [0.2, 0.25) is 0 Å². The maximum atomic E-state index is 5.91. The summed E-state index contributed by atoms with van der Waals surface area (Å²) in [7, 11) is 0. The molecular weight excluding hydrogens is 254 g/mol. The molecule has 0 spiro atoms. The Morgan fingerprint density at radius 2 is 1.95 bits per heavy atom. The zero-order valence-electron chi connectivity index (χ0n) is 11.3. The van der Waals surface area contributed by atoms with Crippen molar-refractivity contribution < 1.29 is 0 Å². The molecule has 0 saturated heterocycles. The predicted octanol–water partition coefficient (Wildman–Crippen LogP) is 3.02. The Balaban J connectivity index is 1.64. The van der Waals surface area contributed by atoms with Gasteiger partial charge in [0, 0.05) is 16.7 Å². The van der Waals surface area contributed by atoms with Crippen LogP contribution in [0.1, 0.15) is 32.1 Å². The zero-order chi connectivity index (χ0) is 13.3. The van der Waals surface area contributed by atoms with Crippen molar-refractivity contribution in [3.8, 4) is 0 Å². The van der Waals surface area contributed by atoms with E-state index in [1.54, 1.807) is 0 Å². The minimum absolute atomic E-state index is 0.541. The molecule has 0 bridgehead atoms. The van der Waals surface area contributed by atoms with E-state index in [4.69, 9.17) is 5.73 Å². The summed E-state index contributed by atoms with van der Waals surface area (Å²) in [6.45, 7) is 0.769. The molecule has 3 N–H and O–H groups in total. The van der Waals surface area contributed by atoms with E-state index in [0.29, 0.717) is 12.0 Å². The molecule has 104 valence electrons. The molecule has 1 fully saturated rings. The largest absolute Gasteiger partial charge is 0.370 e. The van der Waals surface area contributed by atoms with Crippen molar-refractivity contribution in [2.75, 3.05) is 12.3 Å². The number of hydrogen-bond donors (Lipinski definition) is 2. The number of benzene rings is 1. The first-order valence-electron chi connectivity index (χ1n) is 7.09. The third-order valence-electron chi connectivity index (χ3n) is 3.34. The van der Waals surface area contributed by atoms with Gasteiger partial charge in [0.15, 0.2) is 5.96 Å². The molecule has 1 aromatic rings. The summed E-state index contributed by atoms with van der Waals surface area (Å²) in [5.74, 6) is 1.58. The van der Waals surface area contributed by atoms with Gasteiger partial charge in [-0.3, -0.25) is 4.99 Å². The molecular formula is C15H23N3S. The van der Waals surface area contributed by atoms with Crippen LogP contribution in [0.4, 0.5) is 0 Å². The molecule has 1 saturated carbocycles. The number of hydrogen-bond acceptors (Lipinski definition) is 2. The number of nitrogens with two attached hydrogens (primary N) is 1. The number of rotatable bonds is 5. The summed E-state index contributed by atoms with van der Waals surface area (Å²) in [4.78, 5) is 5.68. The molecule has 0 heterocycles. The topological polar surface area (TPSA) is 50.4 Å². The Hall–Kier alpha value is -1.16. The van der Waals surface area contributed by atoms with Crippen LogP contribution < -0.4 is 11.1 Å². The first kappa shape index (κ1) is 14.3. The lowest BCUT2D eigenvalue weighted by Gasteiger charge is -2.23. The van der Waals surface area contributed by atoms with Gasteiger partial charge < -0.3 is 11.1 Å². The SMILES string of the molecule is NC(=NCCSc1ccccc1)NC1CCCCC1. The second kappa shape index (κ2) is 8.10. The average molecular weight is 277 g/mol. The van der Waals surface area contributed by atoms with Gasteiger partial charge in [-0.25, -0.2) is 0 Å². The van der Waals surface area contributed by atoms with Crippen molar-refractivity contribution in [2.24, 2.45) is 10.7 Å². The summed E-state index contributed by atoms with van der Waals surface area (Å²) >= 11 is 1.82. The molecule has 19 heavy (non-hydrogen) atoms. The van der Waals surface area contributed by atoms with Gasteiger partial charge in [0.25, 0.3) is 0 Å². The van der Waals surface area contributed by atoms with E-state index in [1.807, 2.05) is 17.8 Å². The van der Waals surface area contributed by atoms with Crippen molar-refractivity contribution in [3.63, 3.8) is 0 Å². The van der Waals surface area contributed by atoms with Gasteiger partial charge in [-0.1, -0.05) is 37.5 Å².